The molecular weight excluding hydrogens is 438 g/mol. The molecule has 3 fully saturated rings. The van der Waals surface area contributed by atoms with E-state index in [4.69, 9.17) is 4.55 Å². The van der Waals surface area contributed by atoms with Crippen molar-refractivity contribution in [2.75, 3.05) is 12.3 Å². The summed E-state index contributed by atoms with van der Waals surface area (Å²) in [5.74, 6) is 2.74. The van der Waals surface area contributed by atoms with Crippen molar-refractivity contribution in [3.05, 3.63) is 11.6 Å². The number of rotatable bonds is 7. The van der Waals surface area contributed by atoms with Crippen molar-refractivity contribution in [1.29, 1.82) is 0 Å². The van der Waals surface area contributed by atoms with E-state index in [-0.39, 0.29) is 24.0 Å². The molecule has 8 atom stereocenters. The van der Waals surface area contributed by atoms with Crippen molar-refractivity contribution in [2.24, 2.45) is 40.4 Å². The lowest BCUT2D eigenvalue weighted by atomic mass is 9.47. The highest BCUT2D eigenvalue weighted by Crippen LogP contribution is 2.67. The number of hydrogen-bond acceptors (Lipinski definition) is 4. The molecule has 0 bridgehead atoms. The molecule has 4 aliphatic rings. The molecule has 0 unspecified atom stereocenters. The monoisotopic (exact) mass is 481 g/mol. The Morgan fingerprint density at radius 2 is 1.94 bits per heavy atom. The Balaban J connectivity index is 1.37. The fraction of sp³-hybridized carbons (Fsp3) is 0.885. The normalized spacial score (nSPS) is 41.4. The van der Waals surface area contributed by atoms with E-state index in [9.17, 15) is 18.3 Å². The first-order valence-corrected chi connectivity index (χ1v) is 14.6. The van der Waals surface area contributed by atoms with Gasteiger partial charge in [0.25, 0.3) is 10.1 Å². The smallest absolute Gasteiger partial charge is 0.266 e. The Kier molecular flexibility index (Phi) is 7.07. The first-order valence-electron chi connectivity index (χ1n) is 13.0. The number of allylic oxidation sites excluding steroid dienone is 1. The molecule has 3 N–H and O–H groups in total. The fourth-order valence-corrected chi connectivity index (χ4v) is 8.94. The maximum atomic E-state index is 12.2. The molecule has 33 heavy (non-hydrogen) atoms. The van der Waals surface area contributed by atoms with Gasteiger partial charge >= 0.3 is 0 Å². The Morgan fingerprint density at radius 1 is 1.18 bits per heavy atom. The first kappa shape index (κ1) is 25.2. The van der Waals surface area contributed by atoms with E-state index in [0.717, 1.165) is 43.4 Å². The number of amides is 1. The average molecular weight is 482 g/mol. The van der Waals surface area contributed by atoms with Gasteiger partial charge in [0.15, 0.2) is 0 Å². The Morgan fingerprint density at radius 3 is 2.67 bits per heavy atom. The molecule has 0 aromatic heterocycles. The number of aliphatic hydroxyl groups is 1. The molecular formula is C26H43NO5S. The Labute approximate surface area is 199 Å². The van der Waals surface area contributed by atoms with Gasteiger partial charge in [-0.25, -0.2) is 0 Å². The van der Waals surface area contributed by atoms with Gasteiger partial charge in [-0.3, -0.25) is 9.35 Å². The summed E-state index contributed by atoms with van der Waals surface area (Å²) >= 11 is 0. The Bertz CT molecular complexity index is 885. The summed E-state index contributed by atoms with van der Waals surface area (Å²) in [6, 6.07) is 0. The summed E-state index contributed by atoms with van der Waals surface area (Å²) in [6.45, 7) is 7.24. The van der Waals surface area contributed by atoms with E-state index < -0.39 is 15.9 Å². The molecule has 1 amide bonds. The van der Waals surface area contributed by atoms with E-state index in [1.54, 1.807) is 0 Å². The maximum absolute atomic E-state index is 12.2. The number of carbonyl (C=O) groups is 1. The van der Waals surface area contributed by atoms with Gasteiger partial charge in [-0.15, -0.1) is 0 Å². The van der Waals surface area contributed by atoms with Crippen LogP contribution in [-0.4, -0.2) is 42.4 Å². The van der Waals surface area contributed by atoms with Crippen molar-refractivity contribution in [2.45, 2.75) is 91.1 Å². The van der Waals surface area contributed by atoms with Gasteiger partial charge in [-0.2, -0.15) is 8.42 Å². The van der Waals surface area contributed by atoms with E-state index in [1.165, 1.54) is 37.7 Å². The second-order valence-corrected chi connectivity index (χ2v) is 13.6. The van der Waals surface area contributed by atoms with Crippen molar-refractivity contribution in [3.8, 4) is 0 Å². The summed E-state index contributed by atoms with van der Waals surface area (Å²) in [5, 5.41) is 12.8. The molecule has 6 nitrogen and oxygen atoms in total. The maximum Gasteiger partial charge on any atom is 0.266 e. The third kappa shape index (κ3) is 4.92. The van der Waals surface area contributed by atoms with Crippen LogP contribution in [0.15, 0.2) is 11.6 Å². The molecule has 0 radical (unpaired) electrons. The zero-order valence-corrected chi connectivity index (χ0v) is 21.4. The van der Waals surface area contributed by atoms with Crippen molar-refractivity contribution < 1.29 is 22.9 Å². The van der Waals surface area contributed by atoms with Gasteiger partial charge in [0.1, 0.15) is 0 Å². The van der Waals surface area contributed by atoms with E-state index in [1.807, 2.05) is 0 Å². The largest absolute Gasteiger partial charge is 0.393 e. The van der Waals surface area contributed by atoms with Crippen LogP contribution in [0.5, 0.6) is 0 Å². The molecule has 0 aliphatic heterocycles. The van der Waals surface area contributed by atoms with Crippen LogP contribution in [0, 0.1) is 40.4 Å². The number of nitrogens with one attached hydrogen (secondary N) is 1. The molecule has 0 spiro atoms. The predicted molar refractivity (Wildman–Crippen MR) is 129 cm³/mol. The molecule has 188 valence electrons. The second kappa shape index (κ2) is 9.27. The minimum absolute atomic E-state index is 0.0381. The van der Waals surface area contributed by atoms with Gasteiger partial charge in [0.2, 0.25) is 5.91 Å². The lowest BCUT2D eigenvalue weighted by Crippen LogP contribution is -2.50. The second-order valence-electron chi connectivity index (χ2n) is 12.0. The highest BCUT2D eigenvalue weighted by Gasteiger charge is 2.59. The summed E-state index contributed by atoms with van der Waals surface area (Å²) in [5.41, 5.74) is 2.12. The van der Waals surface area contributed by atoms with Gasteiger partial charge < -0.3 is 10.4 Å². The molecule has 0 aromatic carbocycles. The lowest BCUT2D eigenvalue weighted by Gasteiger charge is -2.58. The SMILES string of the molecule is C[C@H](CCC(=O)NCCS(=O)(=O)O)[C@H]1CC[C@H]2[C@@H]3CC=C4C[C@@H](O)CC[C@]4(C)[C@H]3CC[C@]12C. The zero-order chi connectivity index (χ0) is 24.0. The highest BCUT2D eigenvalue weighted by atomic mass is 32.2. The molecule has 0 aromatic rings. The topological polar surface area (TPSA) is 104 Å². The van der Waals surface area contributed by atoms with Gasteiger partial charge in [0, 0.05) is 13.0 Å². The van der Waals surface area contributed by atoms with Crippen LogP contribution in [0.4, 0.5) is 0 Å². The van der Waals surface area contributed by atoms with Crippen LogP contribution in [0.2, 0.25) is 0 Å². The zero-order valence-electron chi connectivity index (χ0n) is 20.6. The predicted octanol–water partition coefficient (Wildman–Crippen LogP) is 4.35. The van der Waals surface area contributed by atoms with Gasteiger partial charge in [0.05, 0.1) is 11.9 Å². The molecule has 3 saturated carbocycles. The van der Waals surface area contributed by atoms with Crippen LogP contribution < -0.4 is 5.32 Å². The third-order valence-electron chi connectivity index (χ3n) is 10.3. The summed E-state index contributed by atoms with van der Waals surface area (Å²) in [7, 11) is -4.04. The minimum Gasteiger partial charge on any atom is -0.393 e. The minimum atomic E-state index is -4.04. The summed E-state index contributed by atoms with van der Waals surface area (Å²) in [4.78, 5) is 12.2. The molecule has 7 heteroatoms. The standard InChI is InChI=1S/C26H43NO5S/c1-17(4-9-24(29)27-14-15-33(30,31)32)21-7-8-22-20-6-5-18-16-19(28)10-12-25(18,2)23(20)11-13-26(21,22)3/h5,17,19-23,28H,4,6-16H2,1-3H3,(H,27,29)(H,30,31,32)/t17-,19+,20+,21-,22+,23+,25+,26-/m1/s1. The average Bonchev–Trinajstić information content (AvgIpc) is 3.09. The number of aliphatic hydroxyl groups excluding tert-OH is 1. The molecule has 0 heterocycles. The van der Waals surface area contributed by atoms with E-state index >= 15 is 0 Å². The van der Waals surface area contributed by atoms with Crippen molar-refractivity contribution >= 4 is 16.0 Å². The van der Waals surface area contributed by atoms with E-state index in [2.05, 4.69) is 32.2 Å². The number of carbonyl (C=O) groups excluding carboxylic acids is 1. The van der Waals surface area contributed by atoms with Crippen LogP contribution in [0.1, 0.15) is 85.0 Å². The molecule has 4 rings (SSSR count). The Hall–Kier alpha value is -0.920. The third-order valence-corrected chi connectivity index (χ3v) is 11.1. The van der Waals surface area contributed by atoms with E-state index in [0.29, 0.717) is 23.7 Å². The summed E-state index contributed by atoms with van der Waals surface area (Å²) in [6.07, 6.45) is 12.7. The lowest BCUT2D eigenvalue weighted by molar-refractivity contribution is -0.121. The molecule has 0 saturated heterocycles. The quantitative estimate of drug-likeness (QED) is 0.371. The van der Waals surface area contributed by atoms with Crippen LogP contribution >= 0.6 is 0 Å². The van der Waals surface area contributed by atoms with Gasteiger partial charge in [-0.1, -0.05) is 32.4 Å². The summed E-state index contributed by atoms with van der Waals surface area (Å²) < 4.78 is 30.5. The molecule has 4 aliphatic carbocycles. The van der Waals surface area contributed by atoms with Gasteiger partial charge in [-0.05, 0) is 98.2 Å². The fourth-order valence-electron chi connectivity index (χ4n) is 8.58. The number of fused-ring (bicyclic) bond motifs is 5. The van der Waals surface area contributed by atoms with Crippen molar-refractivity contribution in [3.63, 3.8) is 0 Å². The highest BCUT2D eigenvalue weighted by molar-refractivity contribution is 7.85. The van der Waals surface area contributed by atoms with Crippen molar-refractivity contribution in [1.82, 2.24) is 5.32 Å². The number of hydrogen-bond donors (Lipinski definition) is 3. The van der Waals surface area contributed by atoms with Crippen LogP contribution in [-0.2, 0) is 14.9 Å². The first-order chi connectivity index (χ1) is 15.4. The van der Waals surface area contributed by atoms with Crippen LogP contribution in [0.3, 0.4) is 0 Å². The van der Waals surface area contributed by atoms with Crippen LogP contribution in [0.25, 0.3) is 0 Å².